The Morgan fingerprint density at radius 3 is 2.69 bits per heavy atom. The topological polar surface area (TPSA) is 96.2 Å². The number of ether oxygens (including phenoxy) is 2. The molecule has 1 amide bonds. The number of fused-ring (bicyclic) bond motifs is 2. The number of carbonyl (C=O) groups excluding carboxylic acids is 2. The summed E-state index contributed by atoms with van der Waals surface area (Å²) in [7, 11) is 1.30. The van der Waals surface area contributed by atoms with Gasteiger partial charge in [-0.25, -0.2) is 9.18 Å². The Balaban J connectivity index is 1.43. The van der Waals surface area contributed by atoms with E-state index in [1.165, 1.54) is 13.2 Å². The number of nitrogens with one attached hydrogen (secondary N) is 3. The van der Waals surface area contributed by atoms with Crippen LogP contribution >= 0.6 is 0 Å². The molecule has 2 aromatic heterocycles. The van der Waals surface area contributed by atoms with E-state index >= 15 is 0 Å². The third-order valence-electron chi connectivity index (χ3n) is 5.51. The van der Waals surface area contributed by atoms with Crippen molar-refractivity contribution in [3.05, 3.63) is 64.7 Å². The summed E-state index contributed by atoms with van der Waals surface area (Å²) in [6.45, 7) is 4.08. The number of esters is 1. The van der Waals surface area contributed by atoms with Gasteiger partial charge in [-0.05, 0) is 55.7 Å². The maximum atomic E-state index is 14.1. The molecule has 0 aliphatic carbocycles. The van der Waals surface area contributed by atoms with E-state index in [-0.39, 0.29) is 18.3 Å². The molecule has 4 rings (SSSR count). The van der Waals surface area contributed by atoms with Crippen LogP contribution in [0.15, 0.2) is 36.4 Å². The van der Waals surface area contributed by atoms with Gasteiger partial charge in [-0.3, -0.25) is 4.79 Å². The Morgan fingerprint density at radius 1 is 1.09 bits per heavy atom. The number of amides is 1. The number of H-pyrrole nitrogens is 2. The van der Waals surface area contributed by atoms with E-state index in [1.54, 1.807) is 24.3 Å². The van der Waals surface area contributed by atoms with Gasteiger partial charge in [0.05, 0.1) is 12.6 Å². The maximum Gasteiger partial charge on any atom is 0.343 e. The number of hydrogen-bond donors (Lipinski definition) is 3. The summed E-state index contributed by atoms with van der Waals surface area (Å²) in [5, 5.41) is 4.64. The van der Waals surface area contributed by atoms with E-state index in [0.717, 1.165) is 33.1 Å². The van der Waals surface area contributed by atoms with Gasteiger partial charge >= 0.3 is 5.97 Å². The Bertz CT molecular complexity index is 1320. The summed E-state index contributed by atoms with van der Waals surface area (Å²) in [4.78, 5) is 30.1. The molecule has 2 aromatic carbocycles. The molecule has 0 atom stereocenters. The predicted molar refractivity (Wildman–Crippen MR) is 120 cm³/mol. The van der Waals surface area contributed by atoms with Crippen molar-refractivity contribution in [2.45, 2.75) is 20.3 Å². The van der Waals surface area contributed by atoms with Crippen LogP contribution in [0, 0.1) is 19.7 Å². The minimum absolute atomic E-state index is 0.188. The number of halogens is 1. The molecule has 0 spiro atoms. The average Bonchev–Trinajstić information content (AvgIpc) is 3.36. The van der Waals surface area contributed by atoms with Gasteiger partial charge in [0.25, 0.3) is 5.91 Å². The number of aryl methyl sites for hydroxylation is 2. The highest BCUT2D eigenvalue weighted by atomic mass is 19.1. The normalized spacial score (nSPS) is 11.1. The van der Waals surface area contributed by atoms with Crippen molar-refractivity contribution >= 4 is 33.7 Å². The molecule has 32 heavy (non-hydrogen) atoms. The van der Waals surface area contributed by atoms with Gasteiger partial charge in [-0.15, -0.1) is 0 Å². The highest BCUT2D eigenvalue weighted by Crippen LogP contribution is 2.28. The molecule has 0 unspecified atom stereocenters. The van der Waals surface area contributed by atoms with Crippen molar-refractivity contribution < 1.29 is 23.5 Å². The first-order valence-corrected chi connectivity index (χ1v) is 10.2. The van der Waals surface area contributed by atoms with E-state index in [9.17, 15) is 14.0 Å². The summed E-state index contributed by atoms with van der Waals surface area (Å²) in [6, 6.07) is 10.2. The van der Waals surface area contributed by atoms with E-state index in [0.29, 0.717) is 29.9 Å². The summed E-state index contributed by atoms with van der Waals surface area (Å²) in [6.07, 6.45) is 0.577. The van der Waals surface area contributed by atoms with E-state index in [2.05, 4.69) is 20.0 Å². The minimum atomic E-state index is -0.472. The van der Waals surface area contributed by atoms with Crippen molar-refractivity contribution in [3.63, 3.8) is 0 Å². The van der Waals surface area contributed by atoms with Gasteiger partial charge in [0.1, 0.15) is 17.3 Å². The number of benzene rings is 2. The van der Waals surface area contributed by atoms with Crippen LogP contribution in [0.1, 0.15) is 27.3 Å². The molecular weight excluding hydrogens is 413 g/mol. The van der Waals surface area contributed by atoms with Crippen molar-refractivity contribution in [2.75, 3.05) is 20.3 Å². The lowest BCUT2D eigenvalue weighted by atomic mass is 10.0. The van der Waals surface area contributed by atoms with Crippen molar-refractivity contribution in [2.24, 2.45) is 0 Å². The van der Waals surface area contributed by atoms with E-state index in [1.807, 2.05) is 19.9 Å². The molecule has 0 bridgehead atoms. The van der Waals surface area contributed by atoms with Crippen molar-refractivity contribution in [3.8, 4) is 5.75 Å². The van der Waals surface area contributed by atoms with Crippen LogP contribution in [-0.2, 0) is 16.0 Å². The lowest BCUT2D eigenvalue weighted by molar-refractivity contribution is -0.142. The van der Waals surface area contributed by atoms with Crippen LogP contribution in [0.25, 0.3) is 21.8 Å². The van der Waals surface area contributed by atoms with Gasteiger partial charge in [0.2, 0.25) is 0 Å². The largest absolute Gasteiger partial charge is 0.482 e. The SMILES string of the molecule is COC(=O)COc1ccc2cc(C(=O)NCCc3c(C)[nH]c4c(F)ccc(C)c34)[nH]c2c1. The van der Waals surface area contributed by atoms with Crippen LogP contribution in [0.3, 0.4) is 0 Å². The highest BCUT2D eigenvalue weighted by Gasteiger charge is 2.15. The Labute approximate surface area is 183 Å². The molecule has 0 aliphatic heterocycles. The fourth-order valence-electron chi connectivity index (χ4n) is 3.87. The minimum Gasteiger partial charge on any atom is -0.482 e. The van der Waals surface area contributed by atoms with Crippen LogP contribution in [0.2, 0.25) is 0 Å². The maximum absolute atomic E-state index is 14.1. The lowest BCUT2D eigenvalue weighted by Crippen LogP contribution is -2.26. The molecule has 3 N–H and O–H groups in total. The van der Waals surface area contributed by atoms with E-state index < -0.39 is 5.97 Å². The zero-order valence-corrected chi connectivity index (χ0v) is 18.1. The summed E-state index contributed by atoms with van der Waals surface area (Å²) >= 11 is 0. The molecule has 0 fully saturated rings. The second kappa shape index (κ2) is 8.74. The zero-order chi connectivity index (χ0) is 22.8. The van der Waals surface area contributed by atoms with Gasteiger partial charge in [-0.1, -0.05) is 6.07 Å². The number of carbonyl (C=O) groups is 2. The fourth-order valence-corrected chi connectivity index (χ4v) is 3.87. The molecule has 0 saturated carbocycles. The van der Waals surface area contributed by atoms with Crippen LogP contribution in [0.5, 0.6) is 5.75 Å². The third kappa shape index (κ3) is 4.16. The van der Waals surface area contributed by atoms with Crippen LogP contribution < -0.4 is 10.1 Å². The number of aromatic nitrogens is 2. The molecule has 0 radical (unpaired) electrons. The first kappa shape index (κ1) is 21.4. The molecular formula is C24H24FN3O4. The van der Waals surface area contributed by atoms with Crippen molar-refractivity contribution in [1.82, 2.24) is 15.3 Å². The second-order valence-electron chi connectivity index (χ2n) is 7.65. The smallest absolute Gasteiger partial charge is 0.343 e. The van der Waals surface area contributed by atoms with Gasteiger partial charge < -0.3 is 24.8 Å². The monoisotopic (exact) mass is 437 g/mol. The zero-order valence-electron chi connectivity index (χ0n) is 18.1. The summed E-state index contributed by atoms with van der Waals surface area (Å²) in [5.74, 6) is -0.496. The van der Waals surface area contributed by atoms with Gasteiger partial charge in [-0.2, -0.15) is 0 Å². The average molecular weight is 437 g/mol. The number of hydrogen-bond acceptors (Lipinski definition) is 4. The fraction of sp³-hybridized carbons (Fsp3) is 0.250. The molecule has 0 saturated heterocycles. The molecule has 7 nitrogen and oxygen atoms in total. The quantitative estimate of drug-likeness (QED) is 0.382. The van der Waals surface area contributed by atoms with Crippen LogP contribution in [-0.4, -0.2) is 42.1 Å². The second-order valence-corrected chi connectivity index (χ2v) is 7.65. The third-order valence-corrected chi connectivity index (χ3v) is 5.51. The number of aromatic amines is 2. The Hall–Kier alpha value is -3.81. The molecule has 8 heteroatoms. The Kier molecular flexibility index (Phi) is 5.85. The Morgan fingerprint density at radius 2 is 1.91 bits per heavy atom. The molecule has 0 aliphatic rings. The van der Waals surface area contributed by atoms with E-state index in [4.69, 9.17) is 4.74 Å². The summed E-state index contributed by atoms with van der Waals surface area (Å²) < 4.78 is 24.1. The van der Waals surface area contributed by atoms with Crippen LogP contribution in [0.4, 0.5) is 4.39 Å². The first-order chi connectivity index (χ1) is 15.4. The molecule has 166 valence electrons. The molecule has 4 aromatic rings. The molecule has 2 heterocycles. The first-order valence-electron chi connectivity index (χ1n) is 10.2. The van der Waals surface area contributed by atoms with Gasteiger partial charge in [0, 0.05) is 34.6 Å². The highest BCUT2D eigenvalue weighted by molar-refractivity contribution is 5.98. The summed E-state index contributed by atoms with van der Waals surface area (Å²) in [5.41, 5.74) is 4.53. The predicted octanol–water partition coefficient (Wildman–Crippen LogP) is 3.93. The number of rotatable bonds is 7. The van der Waals surface area contributed by atoms with Crippen molar-refractivity contribution in [1.29, 1.82) is 0 Å². The number of methoxy groups -OCH3 is 1. The standard InChI is InChI=1S/C24H24FN3O4/c1-13-4-7-18(25)23-22(13)17(14(2)27-23)8-9-26-24(30)20-10-15-5-6-16(11-19(15)28-20)32-12-21(29)31-3/h4-7,10-11,27-28H,8-9,12H2,1-3H3,(H,26,30). The van der Waals surface area contributed by atoms with Gasteiger partial charge in [0.15, 0.2) is 6.61 Å². The lowest BCUT2D eigenvalue weighted by Gasteiger charge is -2.06.